The summed E-state index contributed by atoms with van der Waals surface area (Å²) in [6.45, 7) is 0. The summed E-state index contributed by atoms with van der Waals surface area (Å²) in [6.07, 6.45) is 3.03. The molecule has 0 amide bonds. The van der Waals surface area contributed by atoms with Gasteiger partial charge in [-0.05, 0) is 43.0 Å². The molecule has 2 aromatic rings. The number of anilines is 2. The molecular formula is C15H14FN3S. The lowest BCUT2D eigenvalue weighted by Gasteiger charge is -2.13. The summed E-state index contributed by atoms with van der Waals surface area (Å²) in [5.74, 6) is 0.201. The van der Waals surface area contributed by atoms with Crippen LogP contribution in [0.2, 0.25) is 0 Å². The fourth-order valence-electron chi connectivity index (χ4n) is 2.45. The smallest absolute Gasteiger partial charge is 0.146 e. The van der Waals surface area contributed by atoms with Crippen molar-refractivity contribution in [1.82, 2.24) is 4.98 Å². The van der Waals surface area contributed by atoms with Crippen molar-refractivity contribution in [3.8, 4) is 0 Å². The summed E-state index contributed by atoms with van der Waals surface area (Å²) < 4.78 is 13.7. The molecule has 3 nitrogen and oxygen atoms in total. The van der Waals surface area contributed by atoms with E-state index in [4.69, 9.17) is 18.0 Å². The van der Waals surface area contributed by atoms with E-state index in [1.807, 2.05) is 6.07 Å². The van der Waals surface area contributed by atoms with Crippen LogP contribution < -0.4 is 11.1 Å². The van der Waals surface area contributed by atoms with Gasteiger partial charge < -0.3 is 11.1 Å². The third-order valence-corrected chi connectivity index (χ3v) is 3.66. The molecule has 20 heavy (non-hydrogen) atoms. The van der Waals surface area contributed by atoms with Crippen LogP contribution in [0.4, 0.5) is 15.9 Å². The Hall–Kier alpha value is -2.01. The van der Waals surface area contributed by atoms with Crippen LogP contribution >= 0.6 is 12.2 Å². The molecule has 1 aromatic heterocycles. The molecule has 0 saturated carbocycles. The van der Waals surface area contributed by atoms with Crippen molar-refractivity contribution in [2.24, 2.45) is 5.73 Å². The molecule has 0 aliphatic heterocycles. The second kappa shape index (κ2) is 5.17. The Kier molecular flexibility index (Phi) is 3.36. The van der Waals surface area contributed by atoms with Gasteiger partial charge in [0, 0.05) is 5.69 Å². The molecule has 1 aromatic carbocycles. The van der Waals surface area contributed by atoms with E-state index < -0.39 is 0 Å². The summed E-state index contributed by atoms with van der Waals surface area (Å²) in [5.41, 5.74) is 9.03. The second-order valence-electron chi connectivity index (χ2n) is 4.81. The van der Waals surface area contributed by atoms with Crippen LogP contribution in [0.1, 0.15) is 23.2 Å². The fourth-order valence-corrected chi connectivity index (χ4v) is 2.60. The number of rotatable bonds is 3. The Bertz CT molecular complexity index is 685. The molecule has 0 unspecified atom stereocenters. The van der Waals surface area contributed by atoms with Gasteiger partial charge in [-0.1, -0.05) is 24.4 Å². The van der Waals surface area contributed by atoms with Crippen LogP contribution in [0.5, 0.6) is 0 Å². The van der Waals surface area contributed by atoms with Crippen molar-refractivity contribution in [2.75, 3.05) is 5.32 Å². The maximum atomic E-state index is 13.7. The molecule has 0 bridgehead atoms. The largest absolute Gasteiger partial charge is 0.389 e. The normalized spacial score (nSPS) is 13.1. The minimum Gasteiger partial charge on any atom is -0.389 e. The van der Waals surface area contributed by atoms with Crippen molar-refractivity contribution in [2.45, 2.75) is 19.3 Å². The Morgan fingerprint density at radius 1 is 1.30 bits per heavy atom. The van der Waals surface area contributed by atoms with Crippen LogP contribution in [-0.2, 0) is 12.8 Å². The van der Waals surface area contributed by atoms with Crippen LogP contribution in [-0.4, -0.2) is 9.97 Å². The molecule has 0 radical (unpaired) electrons. The van der Waals surface area contributed by atoms with E-state index in [9.17, 15) is 4.39 Å². The molecule has 1 aliphatic carbocycles. The maximum Gasteiger partial charge on any atom is 0.146 e. The molecule has 0 spiro atoms. The van der Waals surface area contributed by atoms with E-state index in [-0.39, 0.29) is 10.8 Å². The Labute approximate surface area is 122 Å². The van der Waals surface area contributed by atoms with Crippen LogP contribution in [0.25, 0.3) is 0 Å². The molecule has 1 heterocycles. The first kappa shape index (κ1) is 13.0. The van der Waals surface area contributed by atoms with Gasteiger partial charge in [-0.3, -0.25) is 0 Å². The number of aryl methyl sites for hydroxylation is 2. The number of nitrogens with zero attached hydrogens (tertiary/aromatic N) is 1. The van der Waals surface area contributed by atoms with Gasteiger partial charge in [0.05, 0.1) is 11.3 Å². The van der Waals surface area contributed by atoms with Gasteiger partial charge in [0.2, 0.25) is 0 Å². The molecule has 0 fully saturated rings. The first-order valence-corrected chi connectivity index (χ1v) is 6.90. The monoisotopic (exact) mass is 287 g/mol. The average molecular weight is 287 g/mol. The highest BCUT2D eigenvalue weighted by Gasteiger charge is 2.18. The Balaban J connectivity index is 2.04. The van der Waals surface area contributed by atoms with Crippen LogP contribution in [0.3, 0.4) is 0 Å². The fraction of sp³-hybridized carbons (Fsp3) is 0.200. The number of aromatic nitrogens is 1. The van der Waals surface area contributed by atoms with Gasteiger partial charge in [0.1, 0.15) is 16.6 Å². The average Bonchev–Trinajstić information content (AvgIpc) is 2.87. The number of pyridine rings is 1. The molecular weight excluding hydrogens is 273 g/mol. The van der Waals surface area contributed by atoms with Crippen LogP contribution in [0.15, 0.2) is 30.3 Å². The number of fused-ring (bicyclic) bond motifs is 1. The predicted octanol–water partition coefficient (Wildman–Crippen LogP) is 3.09. The number of thiocarbonyl (C=S) groups is 1. The van der Waals surface area contributed by atoms with Crippen molar-refractivity contribution in [3.05, 3.63) is 53.0 Å². The number of halogens is 1. The second-order valence-corrected chi connectivity index (χ2v) is 5.25. The highest BCUT2D eigenvalue weighted by atomic mass is 32.1. The van der Waals surface area contributed by atoms with Gasteiger partial charge in [-0.2, -0.15) is 0 Å². The van der Waals surface area contributed by atoms with E-state index in [1.54, 1.807) is 18.2 Å². The van der Waals surface area contributed by atoms with Crippen molar-refractivity contribution >= 4 is 28.7 Å². The number of para-hydroxylation sites is 1. The van der Waals surface area contributed by atoms with E-state index in [0.29, 0.717) is 17.1 Å². The minimum absolute atomic E-state index is 0.269. The molecule has 0 atom stereocenters. The van der Waals surface area contributed by atoms with Gasteiger partial charge >= 0.3 is 0 Å². The van der Waals surface area contributed by atoms with Crippen molar-refractivity contribution < 1.29 is 4.39 Å². The van der Waals surface area contributed by atoms with Gasteiger partial charge in [0.25, 0.3) is 0 Å². The molecule has 3 rings (SSSR count). The SMILES string of the molecule is NC(=S)c1cc2c(nc1Nc1ccccc1F)CCC2. The zero-order chi connectivity index (χ0) is 14.1. The van der Waals surface area contributed by atoms with Gasteiger partial charge in [-0.15, -0.1) is 0 Å². The topological polar surface area (TPSA) is 50.9 Å². The number of hydrogen-bond acceptors (Lipinski definition) is 3. The molecule has 102 valence electrons. The molecule has 5 heteroatoms. The van der Waals surface area contributed by atoms with Gasteiger partial charge in [0.15, 0.2) is 0 Å². The lowest BCUT2D eigenvalue weighted by Crippen LogP contribution is -2.14. The summed E-state index contributed by atoms with van der Waals surface area (Å²) >= 11 is 5.07. The van der Waals surface area contributed by atoms with E-state index in [2.05, 4.69) is 10.3 Å². The van der Waals surface area contributed by atoms with Crippen LogP contribution in [0, 0.1) is 5.82 Å². The molecule has 1 aliphatic rings. The van der Waals surface area contributed by atoms with Crippen molar-refractivity contribution in [3.63, 3.8) is 0 Å². The highest BCUT2D eigenvalue weighted by molar-refractivity contribution is 7.80. The van der Waals surface area contributed by atoms with E-state index >= 15 is 0 Å². The van der Waals surface area contributed by atoms with E-state index in [0.717, 1.165) is 25.0 Å². The summed E-state index contributed by atoms with van der Waals surface area (Å²) in [6, 6.07) is 8.44. The van der Waals surface area contributed by atoms with Gasteiger partial charge in [-0.25, -0.2) is 9.37 Å². The summed E-state index contributed by atoms with van der Waals surface area (Å²) in [5, 5.41) is 3.00. The maximum absolute atomic E-state index is 13.7. The quantitative estimate of drug-likeness (QED) is 0.852. The zero-order valence-electron chi connectivity index (χ0n) is 10.8. The Morgan fingerprint density at radius 2 is 2.10 bits per heavy atom. The minimum atomic E-state index is -0.330. The first-order valence-electron chi connectivity index (χ1n) is 6.49. The number of nitrogens with one attached hydrogen (secondary N) is 1. The standard InChI is InChI=1S/C15H14FN3S/c16-11-5-1-2-6-13(11)19-15-10(14(17)20)8-9-4-3-7-12(9)18-15/h1-2,5-6,8H,3-4,7H2,(H2,17,20)(H,18,19). The Morgan fingerprint density at radius 3 is 2.85 bits per heavy atom. The number of benzene rings is 1. The summed E-state index contributed by atoms with van der Waals surface area (Å²) in [7, 11) is 0. The highest BCUT2D eigenvalue weighted by Crippen LogP contribution is 2.28. The summed E-state index contributed by atoms with van der Waals surface area (Å²) in [4.78, 5) is 4.84. The van der Waals surface area contributed by atoms with E-state index in [1.165, 1.54) is 11.6 Å². The predicted molar refractivity (Wildman–Crippen MR) is 81.8 cm³/mol. The first-order chi connectivity index (χ1) is 9.65. The number of nitrogens with two attached hydrogens (primary N) is 1. The lowest BCUT2D eigenvalue weighted by atomic mass is 10.1. The number of hydrogen-bond donors (Lipinski definition) is 2. The molecule has 3 N–H and O–H groups in total. The molecule has 0 saturated heterocycles. The third kappa shape index (κ3) is 2.36. The van der Waals surface area contributed by atoms with Crippen molar-refractivity contribution in [1.29, 1.82) is 0 Å². The zero-order valence-corrected chi connectivity index (χ0v) is 11.6. The lowest BCUT2D eigenvalue weighted by molar-refractivity contribution is 0.632. The third-order valence-electron chi connectivity index (χ3n) is 3.44.